The highest BCUT2D eigenvalue weighted by Gasteiger charge is 2.36. The van der Waals surface area contributed by atoms with Gasteiger partial charge in [-0.2, -0.15) is 26.7 Å². The fourth-order valence-corrected chi connectivity index (χ4v) is 3.05. The molecular formula is C14H14F3N5O5S2. The molecule has 0 bridgehead atoms. The summed E-state index contributed by atoms with van der Waals surface area (Å²) in [7, 11) is -7.94. The Morgan fingerprint density at radius 2 is 1.76 bits per heavy atom. The van der Waals surface area contributed by atoms with E-state index in [1.807, 2.05) is 13.1 Å². The molecule has 10 nitrogen and oxygen atoms in total. The van der Waals surface area contributed by atoms with Crippen molar-refractivity contribution < 1.29 is 39.1 Å². The minimum Gasteiger partial charge on any atom is -0.741 e. The van der Waals surface area contributed by atoms with Crippen molar-refractivity contribution >= 4 is 20.1 Å². The van der Waals surface area contributed by atoms with Gasteiger partial charge in [0.2, 0.25) is 0 Å². The number of imidazole rings is 1. The van der Waals surface area contributed by atoms with Crippen LogP contribution in [-0.2, 0) is 27.2 Å². The Hall–Kier alpha value is -2.78. The first-order chi connectivity index (χ1) is 13.2. The maximum absolute atomic E-state index is 12.4. The van der Waals surface area contributed by atoms with E-state index in [2.05, 4.69) is 10.1 Å². The van der Waals surface area contributed by atoms with Gasteiger partial charge in [0, 0.05) is 6.20 Å². The fourth-order valence-electron chi connectivity index (χ4n) is 1.89. The maximum Gasteiger partial charge on any atom is 0.485 e. The van der Waals surface area contributed by atoms with Crippen molar-refractivity contribution in [2.24, 2.45) is 7.05 Å². The van der Waals surface area contributed by atoms with Gasteiger partial charge in [-0.1, -0.05) is 0 Å². The fraction of sp³-hybridized carbons (Fsp3) is 0.214. The molecule has 0 aromatic carbocycles. The third-order valence-corrected chi connectivity index (χ3v) is 5.45. The minimum absolute atomic E-state index is 0.131. The van der Waals surface area contributed by atoms with E-state index in [-0.39, 0.29) is 4.90 Å². The Bertz CT molecular complexity index is 1200. The summed E-state index contributed by atoms with van der Waals surface area (Å²) in [5, 5.41) is 4.14. The van der Waals surface area contributed by atoms with Gasteiger partial charge < -0.3 is 4.55 Å². The lowest BCUT2D eigenvalue weighted by atomic mass is 10.4. The SMILES string of the molecule is Cc1cnn(-c2ccc(S(=O)(=O)n3cc[n+](C)c3)cn2)c1.O=S(=O)([O-])C(F)(F)F. The van der Waals surface area contributed by atoms with Crippen LogP contribution in [0.2, 0.25) is 0 Å². The number of rotatable bonds is 3. The van der Waals surface area contributed by atoms with Crippen LogP contribution >= 0.6 is 0 Å². The van der Waals surface area contributed by atoms with Crippen LogP contribution in [0.25, 0.3) is 5.82 Å². The molecule has 0 N–H and O–H groups in total. The Kier molecular flexibility index (Phi) is 6.15. The normalized spacial score (nSPS) is 12.3. The molecule has 3 heterocycles. The Labute approximate surface area is 163 Å². The molecule has 3 aromatic rings. The number of nitrogens with zero attached hydrogens (tertiary/aromatic N) is 5. The second-order valence-corrected chi connectivity index (χ2v) is 8.84. The van der Waals surface area contributed by atoms with Crippen molar-refractivity contribution in [1.82, 2.24) is 18.7 Å². The first-order valence-electron chi connectivity index (χ1n) is 7.50. The molecule has 0 saturated heterocycles. The predicted molar refractivity (Wildman–Crippen MR) is 90.0 cm³/mol. The van der Waals surface area contributed by atoms with Crippen molar-refractivity contribution in [3.63, 3.8) is 0 Å². The summed E-state index contributed by atoms with van der Waals surface area (Å²) >= 11 is 0. The summed E-state index contributed by atoms with van der Waals surface area (Å²) in [5.74, 6) is 0.570. The molecule has 0 fully saturated rings. The van der Waals surface area contributed by atoms with Crippen LogP contribution in [-0.4, -0.2) is 45.6 Å². The third-order valence-electron chi connectivity index (χ3n) is 3.27. The van der Waals surface area contributed by atoms with Gasteiger partial charge in [0.15, 0.2) is 15.9 Å². The number of aromatic nitrogens is 5. The number of aryl methyl sites for hydroxylation is 2. The van der Waals surface area contributed by atoms with E-state index in [0.29, 0.717) is 5.82 Å². The number of halogens is 3. The summed E-state index contributed by atoms with van der Waals surface area (Å²) in [6, 6.07) is 3.15. The van der Waals surface area contributed by atoms with Crippen molar-refractivity contribution in [3.05, 3.63) is 55.0 Å². The summed E-state index contributed by atoms with van der Waals surface area (Å²) in [6.07, 6.45) is 9.50. The average Bonchev–Trinajstić information content (AvgIpc) is 3.23. The summed E-state index contributed by atoms with van der Waals surface area (Å²) in [4.78, 5) is 4.29. The van der Waals surface area contributed by atoms with Crippen LogP contribution in [0.1, 0.15) is 5.56 Å². The molecule has 158 valence electrons. The Balaban J connectivity index is 0.000000321. The van der Waals surface area contributed by atoms with E-state index >= 15 is 0 Å². The lowest BCUT2D eigenvalue weighted by Gasteiger charge is -2.08. The first kappa shape index (κ1) is 22.5. The Morgan fingerprint density at radius 1 is 1.14 bits per heavy atom. The highest BCUT2D eigenvalue weighted by Crippen LogP contribution is 2.20. The van der Waals surface area contributed by atoms with Gasteiger partial charge >= 0.3 is 15.5 Å². The lowest BCUT2D eigenvalue weighted by Crippen LogP contribution is -2.25. The largest absolute Gasteiger partial charge is 0.741 e. The van der Waals surface area contributed by atoms with Crippen molar-refractivity contribution in [2.45, 2.75) is 17.3 Å². The smallest absolute Gasteiger partial charge is 0.485 e. The number of alkyl halides is 3. The van der Waals surface area contributed by atoms with Crippen molar-refractivity contribution in [1.29, 1.82) is 0 Å². The molecule has 0 amide bonds. The molecule has 0 aliphatic heterocycles. The molecule has 0 radical (unpaired) electrons. The molecule has 0 unspecified atom stereocenters. The second-order valence-electron chi connectivity index (χ2n) is 5.63. The zero-order chi connectivity index (χ0) is 22.0. The topological polar surface area (TPSA) is 131 Å². The second kappa shape index (κ2) is 7.92. The highest BCUT2D eigenvalue weighted by molar-refractivity contribution is 7.90. The zero-order valence-electron chi connectivity index (χ0n) is 14.8. The van der Waals surface area contributed by atoms with Crippen molar-refractivity contribution in [2.75, 3.05) is 0 Å². The van der Waals surface area contributed by atoms with Gasteiger partial charge in [-0.3, -0.25) is 0 Å². The van der Waals surface area contributed by atoms with Gasteiger partial charge in [0.25, 0.3) is 6.33 Å². The molecule has 3 rings (SSSR count). The van der Waals surface area contributed by atoms with E-state index in [1.54, 1.807) is 34.8 Å². The van der Waals surface area contributed by atoms with Crippen LogP contribution in [0.15, 0.2) is 54.3 Å². The number of hydrogen-bond donors (Lipinski definition) is 0. The molecule has 0 spiro atoms. The molecule has 3 aromatic heterocycles. The number of hydrogen-bond acceptors (Lipinski definition) is 7. The third kappa shape index (κ3) is 5.39. The molecule has 0 atom stereocenters. The Morgan fingerprint density at radius 3 is 2.14 bits per heavy atom. The van der Waals surface area contributed by atoms with E-state index < -0.39 is 25.6 Å². The minimum atomic E-state index is -6.09. The zero-order valence-corrected chi connectivity index (χ0v) is 16.5. The van der Waals surface area contributed by atoms with Crippen LogP contribution in [0.4, 0.5) is 13.2 Å². The molecule has 15 heteroatoms. The van der Waals surface area contributed by atoms with Gasteiger partial charge in [-0.25, -0.2) is 22.7 Å². The highest BCUT2D eigenvalue weighted by atomic mass is 32.2. The molecule has 0 aliphatic carbocycles. The average molecular weight is 453 g/mol. The van der Waals surface area contributed by atoms with Crippen LogP contribution in [0.5, 0.6) is 0 Å². The van der Waals surface area contributed by atoms with Gasteiger partial charge in [-0.15, -0.1) is 3.97 Å². The molecule has 0 saturated carbocycles. The predicted octanol–water partition coefficient (Wildman–Crippen LogP) is 0.490. The van der Waals surface area contributed by atoms with Crippen molar-refractivity contribution in [3.8, 4) is 5.82 Å². The quantitative estimate of drug-likeness (QED) is 0.320. The van der Waals surface area contributed by atoms with Gasteiger partial charge in [-0.05, 0) is 24.6 Å². The molecule has 29 heavy (non-hydrogen) atoms. The number of pyridine rings is 1. The lowest BCUT2D eigenvalue weighted by molar-refractivity contribution is -0.670. The standard InChI is InChI=1S/C13H14N5O2S.CHF3O3S/c1-11-7-15-18(9-11)13-4-3-12(8-14-13)21(19,20)17-6-5-16(2)10-17;2-1(3,4)8(5,6)7/h3-10H,1-2H3;(H,5,6,7)/q+1;/p-1. The molecule has 0 aliphatic rings. The first-order valence-corrected chi connectivity index (χ1v) is 10.4. The van der Waals surface area contributed by atoms with Gasteiger partial charge in [0.05, 0.1) is 19.4 Å². The van der Waals surface area contributed by atoms with Crippen LogP contribution in [0, 0.1) is 6.92 Å². The molecular weight excluding hydrogens is 439 g/mol. The summed E-state index contributed by atoms with van der Waals surface area (Å²) < 4.78 is 88.1. The van der Waals surface area contributed by atoms with Crippen LogP contribution < -0.4 is 4.57 Å². The van der Waals surface area contributed by atoms with Gasteiger partial charge in [0.1, 0.15) is 17.3 Å². The summed E-state index contributed by atoms with van der Waals surface area (Å²) in [6.45, 7) is 1.92. The van der Waals surface area contributed by atoms with E-state index in [0.717, 1.165) is 9.54 Å². The van der Waals surface area contributed by atoms with Crippen LogP contribution in [0.3, 0.4) is 0 Å². The van der Waals surface area contributed by atoms with E-state index in [1.165, 1.54) is 24.8 Å². The summed E-state index contributed by atoms with van der Waals surface area (Å²) in [5.41, 5.74) is -4.64. The van der Waals surface area contributed by atoms with E-state index in [9.17, 15) is 21.6 Å². The monoisotopic (exact) mass is 453 g/mol. The van der Waals surface area contributed by atoms with E-state index in [4.69, 9.17) is 13.0 Å². The maximum atomic E-state index is 12.4.